The molecule has 0 aliphatic carbocycles. The summed E-state index contributed by atoms with van der Waals surface area (Å²) >= 11 is 7.07. The number of thiazole rings is 1. The number of nitriles is 1. The molecular weight excluding hydrogens is 1000 g/mol. The molecule has 0 saturated carbocycles. The number of benzene rings is 2. The molecule has 3 N–H and O–H groups in total. The standard InChI is InChI=1S/C49H56F4N8O10S2/c1-28-41(73-27-57-28)30-10-8-29(9-11-30)23-56-43(64)34-20-32(62)25-59(34)44(65)42(47(2,3)4)58-37(63)26-70-17-16-68-14-15-69-18-19-71-38-21-36(67-7)35(24-55-38)61-46(72)60(45(66)48(61,5)6)33-13-12-31(22-54)39(40(33)50)49(51,52)53/h8-13,21,24,27,32,34,42,62H,14-20,23,25-26H2,1-7H3,(H,56,64)(H,58,63)/t32-,34+,42-/m1/s1. The van der Waals surface area contributed by atoms with E-state index in [2.05, 4.69) is 20.6 Å². The molecule has 0 bridgehead atoms. The van der Waals surface area contributed by atoms with Crippen molar-refractivity contribution in [3.05, 3.63) is 82.4 Å². The summed E-state index contributed by atoms with van der Waals surface area (Å²) in [5.74, 6) is -3.91. The van der Waals surface area contributed by atoms with Gasteiger partial charge in [0.1, 0.15) is 47.8 Å². The second-order valence-corrected chi connectivity index (χ2v) is 19.7. The normalized spacial score (nSPS) is 17.2. The van der Waals surface area contributed by atoms with Crippen LogP contribution in [-0.2, 0) is 46.1 Å². The smallest absolute Gasteiger partial charge is 0.420 e. The highest BCUT2D eigenvalue weighted by molar-refractivity contribution is 7.81. The maximum Gasteiger partial charge on any atom is 0.420 e. The third kappa shape index (κ3) is 13.1. The summed E-state index contributed by atoms with van der Waals surface area (Å²) in [4.78, 5) is 66.9. The lowest BCUT2D eigenvalue weighted by molar-refractivity contribution is -0.144. The molecule has 4 amide bonds. The summed E-state index contributed by atoms with van der Waals surface area (Å²) in [5.41, 5.74) is -1.10. The first-order valence-electron chi connectivity index (χ1n) is 22.9. The lowest BCUT2D eigenvalue weighted by Gasteiger charge is -2.35. The van der Waals surface area contributed by atoms with E-state index in [1.165, 1.54) is 49.1 Å². The average molecular weight is 1060 g/mol. The Kier molecular flexibility index (Phi) is 18.1. The Labute approximate surface area is 428 Å². The number of carbonyl (C=O) groups excluding carboxylic acids is 4. The minimum Gasteiger partial charge on any atom is -0.494 e. The zero-order chi connectivity index (χ0) is 53.4. The lowest BCUT2D eigenvalue weighted by atomic mass is 9.85. The van der Waals surface area contributed by atoms with E-state index in [9.17, 15) is 42.7 Å². The molecule has 0 radical (unpaired) electrons. The SMILES string of the molecule is COc1cc(OCCOCCOCCOCC(=O)N[C@H](C(=O)N2C[C@H](O)C[C@H]2C(=O)NCc2ccc(-c3scnc3C)cc2)C(C)(C)C)ncc1N1C(=S)N(c2ccc(C#N)c(C(F)(F)F)c2F)C(=O)C1(C)C. The number of aryl methyl sites for hydroxylation is 1. The van der Waals surface area contributed by atoms with E-state index in [4.69, 9.17) is 35.9 Å². The van der Waals surface area contributed by atoms with Gasteiger partial charge in [0, 0.05) is 25.6 Å². The number of pyridine rings is 1. The number of nitrogens with zero attached hydrogens (tertiary/aromatic N) is 6. The van der Waals surface area contributed by atoms with E-state index in [1.807, 2.05) is 31.2 Å². The van der Waals surface area contributed by atoms with E-state index in [0.29, 0.717) is 4.90 Å². The Morgan fingerprint density at radius 1 is 1.00 bits per heavy atom. The van der Waals surface area contributed by atoms with E-state index < -0.39 is 81.6 Å². The van der Waals surface area contributed by atoms with Gasteiger partial charge < -0.3 is 44.3 Å². The summed E-state index contributed by atoms with van der Waals surface area (Å²) in [7, 11) is 1.33. The highest BCUT2D eigenvalue weighted by Crippen LogP contribution is 2.44. The van der Waals surface area contributed by atoms with Gasteiger partial charge in [-0.1, -0.05) is 45.0 Å². The minimum absolute atomic E-state index is 0.0431. The second-order valence-electron chi connectivity index (χ2n) is 18.5. The van der Waals surface area contributed by atoms with Gasteiger partial charge in [-0.05, 0) is 61.7 Å². The van der Waals surface area contributed by atoms with Gasteiger partial charge in [-0.3, -0.25) is 29.0 Å². The van der Waals surface area contributed by atoms with Crippen molar-refractivity contribution in [1.29, 1.82) is 5.26 Å². The third-order valence-corrected chi connectivity index (χ3v) is 13.2. The molecule has 2 aliphatic rings. The molecule has 6 rings (SSSR count). The number of methoxy groups -OCH3 is 1. The summed E-state index contributed by atoms with van der Waals surface area (Å²) in [6.07, 6.45) is -4.81. The van der Waals surface area contributed by atoms with Crippen LogP contribution in [-0.4, -0.2) is 132 Å². The molecule has 2 fully saturated rings. The average Bonchev–Trinajstić information content (AvgIpc) is 4.00. The van der Waals surface area contributed by atoms with Crippen LogP contribution in [0, 0.1) is 29.5 Å². The molecule has 73 heavy (non-hydrogen) atoms. The molecule has 18 nitrogen and oxygen atoms in total. The first kappa shape index (κ1) is 55.9. The highest BCUT2D eigenvalue weighted by Gasteiger charge is 2.53. The van der Waals surface area contributed by atoms with Gasteiger partial charge in [0.2, 0.25) is 23.6 Å². The first-order chi connectivity index (χ1) is 34.5. The number of thiocarbonyl (C=S) groups is 1. The van der Waals surface area contributed by atoms with Gasteiger partial charge in [-0.15, -0.1) is 11.3 Å². The van der Waals surface area contributed by atoms with Crippen molar-refractivity contribution in [2.45, 2.75) is 84.4 Å². The van der Waals surface area contributed by atoms with Gasteiger partial charge in [0.05, 0.1) is 85.8 Å². The number of β-amino-alcohol motifs (C(OH)–C–C–N with tert-alkyl or cyclic N) is 1. The van der Waals surface area contributed by atoms with Gasteiger partial charge in [-0.25, -0.2) is 14.4 Å². The van der Waals surface area contributed by atoms with Crippen LogP contribution >= 0.6 is 23.6 Å². The number of amides is 4. The molecule has 0 spiro atoms. The zero-order valence-electron chi connectivity index (χ0n) is 41.1. The van der Waals surface area contributed by atoms with Crippen LogP contribution in [0.4, 0.5) is 28.9 Å². The molecule has 4 aromatic rings. The van der Waals surface area contributed by atoms with Crippen LogP contribution in [0.2, 0.25) is 0 Å². The number of aliphatic hydroxyl groups is 1. The predicted molar refractivity (Wildman–Crippen MR) is 263 cm³/mol. The third-order valence-electron chi connectivity index (χ3n) is 11.9. The Balaban J connectivity index is 0.897. The molecule has 2 saturated heterocycles. The first-order valence-corrected chi connectivity index (χ1v) is 24.2. The van der Waals surface area contributed by atoms with Crippen molar-refractivity contribution in [1.82, 2.24) is 25.5 Å². The number of likely N-dealkylation sites (tertiary alicyclic amines) is 1. The molecule has 24 heteroatoms. The molecule has 3 atom stereocenters. The summed E-state index contributed by atoms with van der Waals surface area (Å²) in [6.45, 7) is 10.7. The van der Waals surface area contributed by atoms with E-state index in [0.717, 1.165) is 33.8 Å². The van der Waals surface area contributed by atoms with Crippen molar-refractivity contribution < 1.29 is 65.5 Å². The maximum atomic E-state index is 15.5. The molecule has 2 aromatic heterocycles. The fraction of sp³-hybridized carbons (Fsp3) is 0.469. The Hall–Kier alpha value is -6.36. The quantitative estimate of drug-likeness (QED) is 0.0518. The monoisotopic (exact) mass is 1060 g/mol. The van der Waals surface area contributed by atoms with Crippen LogP contribution in [0.25, 0.3) is 10.4 Å². The van der Waals surface area contributed by atoms with Gasteiger partial charge in [-0.2, -0.15) is 18.4 Å². The van der Waals surface area contributed by atoms with Gasteiger partial charge in [0.15, 0.2) is 10.9 Å². The number of carbonyl (C=O) groups is 4. The van der Waals surface area contributed by atoms with Crippen molar-refractivity contribution in [2.24, 2.45) is 5.41 Å². The summed E-state index contributed by atoms with van der Waals surface area (Å²) in [5, 5.41) is 25.0. The highest BCUT2D eigenvalue weighted by atomic mass is 32.1. The van der Waals surface area contributed by atoms with E-state index >= 15 is 4.39 Å². The van der Waals surface area contributed by atoms with Crippen molar-refractivity contribution in [3.8, 4) is 28.1 Å². The lowest BCUT2D eigenvalue weighted by Crippen LogP contribution is -2.58. The second kappa shape index (κ2) is 23.7. The maximum absolute atomic E-state index is 15.5. The zero-order valence-corrected chi connectivity index (χ0v) is 42.8. The minimum atomic E-state index is -5.23. The number of rotatable bonds is 21. The van der Waals surface area contributed by atoms with Crippen molar-refractivity contribution >= 4 is 63.7 Å². The Morgan fingerprint density at radius 2 is 1.66 bits per heavy atom. The van der Waals surface area contributed by atoms with Gasteiger partial charge >= 0.3 is 6.18 Å². The van der Waals surface area contributed by atoms with E-state index in [1.54, 1.807) is 37.6 Å². The number of alkyl halides is 3. The van der Waals surface area contributed by atoms with E-state index in [-0.39, 0.29) is 88.2 Å². The van der Waals surface area contributed by atoms with Crippen molar-refractivity contribution in [2.75, 3.05) is 69.7 Å². The summed E-state index contributed by atoms with van der Waals surface area (Å²) < 4.78 is 84.6. The fourth-order valence-electron chi connectivity index (χ4n) is 8.13. The van der Waals surface area contributed by atoms with Gasteiger partial charge in [0.25, 0.3) is 5.91 Å². The number of nitrogens with one attached hydrogen (secondary N) is 2. The Bertz CT molecular complexity index is 2710. The van der Waals surface area contributed by atoms with Crippen LogP contribution in [0.3, 0.4) is 0 Å². The number of halogens is 4. The number of aromatic nitrogens is 2. The summed E-state index contributed by atoms with van der Waals surface area (Å²) in [6, 6.07) is 10.2. The van der Waals surface area contributed by atoms with Crippen LogP contribution in [0.1, 0.15) is 63.4 Å². The van der Waals surface area contributed by atoms with Crippen molar-refractivity contribution in [3.63, 3.8) is 0 Å². The topological polar surface area (TPSA) is 218 Å². The predicted octanol–water partition coefficient (Wildman–Crippen LogP) is 5.71. The molecule has 0 unspecified atom stereocenters. The van der Waals surface area contributed by atoms with Crippen LogP contribution in [0.5, 0.6) is 11.6 Å². The molecular formula is C49H56F4N8O10S2. The molecule has 2 aromatic carbocycles. The fourth-order valence-corrected chi connectivity index (χ4v) is 9.45. The number of ether oxygens (including phenoxy) is 5. The largest absolute Gasteiger partial charge is 0.494 e. The molecule has 2 aliphatic heterocycles. The van der Waals surface area contributed by atoms with Crippen LogP contribution in [0.15, 0.2) is 54.2 Å². The molecule has 392 valence electrons. The number of anilines is 2. The number of hydrogen-bond donors (Lipinski definition) is 3. The number of aliphatic hydroxyl groups excluding tert-OH is 1. The van der Waals surface area contributed by atoms with Crippen LogP contribution < -0.4 is 29.9 Å². The Morgan fingerprint density at radius 3 is 2.26 bits per heavy atom. The molecule has 4 heterocycles. The number of hydrogen-bond acceptors (Lipinski definition) is 15.